The summed E-state index contributed by atoms with van der Waals surface area (Å²) in [4.78, 5) is 28.9. The average molecular weight is 721 g/mol. The fourth-order valence-electron chi connectivity index (χ4n) is 6.57. The second-order valence-corrected chi connectivity index (χ2v) is 16.3. The van der Waals surface area contributed by atoms with Gasteiger partial charge in [0.25, 0.3) is 0 Å². The minimum atomic E-state index is -4.95. The Morgan fingerprint density at radius 2 is 1.68 bits per heavy atom. The number of benzene rings is 2. The molecule has 2 heterocycles. The van der Waals surface area contributed by atoms with Crippen LogP contribution in [0.25, 0.3) is 0 Å². The molecule has 47 heavy (non-hydrogen) atoms. The largest absolute Gasteiger partial charge is 0.484 e. The van der Waals surface area contributed by atoms with E-state index in [2.05, 4.69) is 0 Å². The van der Waals surface area contributed by atoms with E-state index in [9.17, 15) is 31.2 Å². The number of carbonyl (C=O) groups is 2. The standard InChI is InChI=1S/C32H38Cl2F3N3O6S/c1-19-16-38(11-12-40(19)29(41)32(35,36)37)27-15-24-25(13-21(33)14-26(24)34)28(27)45-22-5-7-23(8-6-22)47(43,44)18-20-9-10-39(17-20)30(42)46-31(2,3)4/h5-8,13-14,19-20,27-28H,9-12,15-18H2,1-4H3/t19-,20+,27+,28+/m1/s1. The van der Waals surface area contributed by atoms with Crippen molar-refractivity contribution < 1.29 is 40.7 Å². The topological polar surface area (TPSA) is 96.5 Å². The molecule has 0 unspecified atom stereocenters. The van der Waals surface area contributed by atoms with E-state index in [1.54, 1.807) is 52.0 Å². The molecule has 0 spiro atoms. The van der Waals surface area contributed by atoms with Gasteiger partial charge in [0.15, 0.2) is 9.84 Å². The van der Waals surface area contributed by atoms with Gasteiger partial charge in [-0.15, -0.1) is 0 Å². The Hall–Kier alpha value is -2.74. The molecule has 15 heteroatoms. The van der Waals surface area contributed by atoms with Crippen LogP contribution in [0.1, 0.15) is 51.3 Å². The highest BCUT2D eigenvalue weighted by molar-refractivity contribution is 7.91. The molecule has 2 saturated heterocycles. The zero-order valence-electron chi connectivity index (χ0n) is 26.5. The molecule has 0 radical (unpaired) electrons. The number of halogens is 5. The minimum Gasteiger partial charge on any atom is -0.484 e. The first-order chi connectivity index (χ1) is 21.8. The maximum atomic E-state index is 13.3. The van der Waals surface area contributed by atoms with Gasteiger partial charge < -0.3 is 19.3 Å². The lowest BCUT2D eigenvalue weighted by atomic mass is 10.1. The van der Waals surface area contributed by atoms with Crippen molar-refractivity contribution in [2.45, 2.75) is 75.4 Å². The number of hydrogen-bond donors (Lipinski definition) is 0. The predicted octanol–water partition coefficient (Wildman–Crippen LogP) is 6.16. The zero-order chi connectivity index (χ0) is 34.5. The highest BCUT2D eigenvalue weighted by atomic mass is 35.5. The number of piperazine rings is 1. The van der Waals surface area contributed by atoms with E-state index in [-0.39, 0.29) is 42.2 Å². The van der Waals surface area contributed by atoms with Gasteiger partial charge in [-0.2, -0.15) is 13.2 Å². The second kappa shape index (κ2) is 13.3. The zero-order valence-corrected chi connectivity index (χ0v) is 28.8. The Morgan fingerprint density at radius 3 is 2.30 bits per heavy atom. The summed E-state index contributed by atoms with van der Waals surface area (Å²) in [5.41, 5.74) is 0.902. The summed E-state index contributed by atoms with van der Waals surface area (Å²) >= 11 is 12.9. The quantitative estimate of drug-likeness (QED) is 0.353. The lowest BCUT2D eigenvalue weighted by Gasteiger charge is -2.43. The van der Waals surface area contributed by atoms with Gasteiger partial charge in [-0.05, 0) is 88.4 Å². The number of likely N-dealkylation sites (tertiary alicyclic amines) is 1. The molecule has 2 aromatic carbocycles. The maximum Gasteiger partial charge on any atom is 0.471 e. The Labute approximate surface area is 282 Å². The number of nitrogens with zero attached hydrogens (tertiary/aromatic N) is 3. The third-order valence-electron chi connectivity index (χ3n) is 8.73. The fraction of sp³-hybridized carbons (Fsp3) is 0.562. The molecule has 9 nitrogen and oxygen atoms in total. The van der Waals surface area contributed by atoms with Crippen LogP contribution in [0.3, 0.4) is 0 Å². The second-order valence-electron chi connectivity index (χ2n) is 13.4. The SMILES string of the molecule is C[C@@H]1CN([C@H]2Cc3c(Cl)cc(Cl)cc3[C@@H]2Oc2ccc(S(=O)(=O)C[C@H]3CCN(C(=O)OC(C)(C)C)C3)cc2)CCN1C(=O)C(F)(F)F. The van der Waals surface area contributed by atoms with E-state index in [4.69, 9.17) is 32.7 Å². The van der Waals surface area contributed by atoms with Gasteiger partial charge in [0.05, 0.1) is 16.7 Å². The van der Waals surface area contributed by atoms with E-state index in [1.807, 2.05) is 4.90 Å². The summed E-state index contributed by atoms with van der Waals surface area (Å²) in [5.74, 6) is -1.82. The van der Waals surface area contributed by atoms with Crippen molar-refractivity contribution in [2.75, 3.05) is 38.5 Å². The predicted molar refractivity (Wildman–Crippen MR) is 171 cm³/mol. The van der Waals surface area contributed by atoms with E-state index < -0.39 is 45.8 Å². The molecule has 5 rings (SSSR count). The molecule has 0 N–H and O–H groups in total. The van der Waals surface area contributed by atoms with Crippen molar-refractivity contribution in [3.05, 3.63) is 57.6 Å². The highest BCUT2D eigenvalue weighted by Gasteiger charge is 2.47. The molecule has 3 aliphatic rings. The van der Waals surface area contributed by atoms with Crippen molar-refractivity contribution >= 4 is 45.0 Å². The van der Waals surface area contributed by atoms with Crippen molar-refractivity contribution in [2.24, 2.45) is 5.92 Å². The van der Waals surface area contributed by atoms with Crippen molar-refractivity contribution in [3.63, 3.8) is 0 Å². The highest BCUT2D eigenvalue weighted by Crippen LogP contribution is 2.43. The molecule has 4 atom stereocenters. The minimum absolute atomic E-state index is 0.101. The van der Waals surface area contributed by atoms with E-state index in [0.717, 1.165) is 16.0 Å². The first kappa shape index (κ1) is 35.6. The van der Waals surface area contributed by atoms with Gasteiger partial charge in [-0.3, -0.25) is 9.69 Å². The number of sulfone groups is 1. The number of amides is 2. The fourth-order valence-corrected chi connectivity index (χ4v) is 8.79. The molecule has 0 saturated carbocycles. The molecular formula is C32H38Cl2F3N3O6S. The number of ether oxygens (including phenoxy) is 2. The van der Waals surface area contributed by atoms with Crippen LogP contribution in [0.2, 0.25) is 10.0 Å². The number of rotatable bonds is 6. The Morgan fingerprint density at radius 1 is 1.00 bits per heavy atom. The molecule has 0 bridgehead atoms. The Balaban J connectivity index is 1.29. The van der Waals surface area contributed by atoms with E-state index >= 15 is 0 Å². The number of carbonyl (C=O) groups excluding carboxylic acids is 2. The number of fused-ring (bicyclic) bond motifs is 1. The van der Waals surface area contributed by atoms with Crippen LogP contribution in [0.4, 0.5) is 18.0 Å². The van der Waals surface area contributed by atoms with Gasteiger partial charge in [0.1, 0.15) is 17.5 Å². The Kier molecular flexibility index (Phi) is 10.1. The van der Waals surface area contributed by atoms with Gasteiger partial charge in [-0.1, -0.05) is 23.2 Å². The van der Waals surface area contributed by atoms with Crippen LogP contribution < -0.4 is 4.74 Å². The van der Waals surface area contributed by atoms with E-state index in [0.29, 0.717) is 41.7 Å². The first-order valence-corrected chi connectivity index (χ1v) is 17.8. The summed E-state index contributed by atoms with van der Waals surface area (Å²) in [5, 5.41) is 0.844. The van der Waals surface area contributed by atoms with Crippen molar-refractivity contribution in [1.82, 2.24) is 14.7 Å². The van der Waals surface area contributed by atoms with Gasteiger partial charge in [0.2, 0.25) is 0 Å². The summed E-state index contributed by atoms with van der Waals surface area (Å²) in [7, 11) is -3.68. The first-order valence-electron chi connectivity index (χ1n) is 15.4. The molecule has 1 aliphatic carbocycles. The Bertz CT molecular complexity index is 1620. The molecule has 2 aliphatic heterocycles. The van der Waals surface area contributed by atoms with Crippen molar-refractivity contribution in [1.29, 1.82) is 0 Å². The van der Waals surface area contributed by atoms with Crippen LogP contribution in [0.5, 0.6) is 5.75 Å². The third-order valence-corrected chi connectivity index (χ3v) is 11.2. The van der Waals surface area contributed by atoms with Crippen LogP contribution >= 0.6 is 23.2 Å². The van der Waals surface area contributed by atoms with Crippen LogP contribution in [0.15, 0.2) is 41.3 Å². The molecule has 258 valence electrons. The molecule has 2 aromatic rings. The average Bonchev–Trinajstić information content (AvgIpc) is 3.56. The van der Waals surface area contributed by atoms with Crippen molar-refractivity contribution in [3.8, 4) is 5.75 Å². The monoisotopic (exact) mass is 719 g/mol. The molecular weight excluding hydrogens is 682 g/mol. The summed E-state index contributed by atoms with van der Waals surface area (Å²) in [6.07, 6.45) is -5.03. The van der Waals surface area contributed by atoms with Crippen LogP contribution in [-0.4, -0.2) is 97.5 Å². The smallest absolute Gasteiger partial charge is 0.471 e. The lowest BCUT2D eigenvalue weighted by molar-refractivity contribution is -0.190. The van der Waals surface area contributed by atoms with Gasteiger partial charge in [0, 0.05) is 54.4 Å². The summed E-state index contributed by atoms with van der Waals surface area (Å²) < 4.78 is 78.0. The molecule has 0 aromatic heterocycles. The number of hydrogen-bond acceptors (Lipinski definition) is 7. The summed E-state index contributed by atoms with van der Waals surface area (Å²) in [6.45, 7) is 7.91. The molecule has 2 fully saturated rings. The molecule has 2 amide bonds. The van der Waals surface area contributed by atoms with Crippen LogP contribution in [0, 0.1) is 5.92 Å². The maximum absolute atomic E-state index is 13.3. The third kappa shape index (κ3) is 8.12. The van der Waals surface area contributed by atoms with Gasteiger partial charge in [-0.25, -0.2) is 13.2 Å². The summed E-state index contributed by atoms with van der Waals surface area (Å²) in [6, 6.07) is 8.44. The number of alkyl halides is 3. The van der Waals surface area contributed by atoms with Crippen LogP contribution in [-0.2, 0) is 25.8 Å². The normalized spacial score (nSPS) is 23.9. The lowest BCUT2D eigenvalue weighted by Crippen LogP contribution is -2.59. The van der Waals surface area contributed by atoms with Gasteiger partial charge >= 0.3 is 18.2 Å². The van der Waals surface area contributed by atoms with E-state index in [1.165, 1.54) is 17.0 Å².